The van der Waals surface area contributed by atoms with E-state index in [1.54, 1.807) is 24.3 Å². The number of carbonyl (C=O) groups is 1. The topological polar surface area (TPSA) is 61.7 Å². The number of phenolic OH excluding ortho intramolecular Hbond substituents is 1. The van der Waals surface area contributed by atoms with Crippen LogP contribution in [0.1, 0.15) is 11.1 Å². The number of hydrogen-bond acceptors (Lipinski definition) is 4. The second-order valence-electron chi connectivity index (χ2n) is 5.24. The summed E-state index contributed by atoms with van der Waals surface area (Å²) in [5.41, 5.74) is 2.20. The van der Waals surface area contributed by atoms with Crippen LogP contribution < -0.4 is 5.32 Å². The van der Waals surface area contributed by atoms with Crippen LogP contribution in [0.3, 0.4) is 0 Å². The number of amides is 1. The molecule has 0 aliphatic carbocycles. The van der Waals surface area contributed by atoms with Gasteiger partial charge in [-0.2, -0.15) is 0 Å². The Morgan fingerprint density at radius 1 is 1.36 bits per heavy atom. The van der Waals surface area contributed by atoms with E-state index in [1.165, 1.54) is 11.8 Å². The number of rotatable bonds is 2. The molecule has 128 valence electrons. The molecule has 0 aromatic heterocycles. The zero-order valence-corrected chi connectivity index (χ0v) is 18.1. The molecule has 3 rings (SSSR count). The van der Waals surface area contributed by atoms with Crippen LogP contribution in [0.5, 0.6) is 5.75 Å². The van der Waals surface area contributed by atoms with Gasteiger partial charge in [-0.15, -0.1) is 0 Å². The number of thioether (sulfide) groups is 1. The highest BCUT2D eigenvalue weighted by atomic mass is 127. The molecule has 0 radical (unpaired) electrons. The van der Waals surface area contributed by atoms with Crippen molar-refractivity contribution in [1.82, 2.24) is 5.32 Å². The van der Waals surface area contributed by atoms with Gasteiger partial charge in [0.15, 0.2) is 5.17 Å². The number of phenols is 1. The molecule has 1 saturated heterocycles. The highest BCUT2D eigenvalue weighted by Crippen LogP contribution is 2.34. The number of nitrogens with one attached hydrogen (secondary N) is 1. The molecule has 1 heterocycles. The normalized spacial score (nSPS) is 17.4. The summed E-state index contributed by atoms with van der Waals surface area (Å²) in [7, 11) is 0. The van der Waals surface area contributed by atoms with Crippen LogP contribution >= 0.6 is 61.9 Å². The van der Waals surface area contributed by atoms with E-state index in [0.717, 1.165) is 10.0 Å². The second-order valence-corrected chi connectivity index (χ2v) is 8.76. The minimum Gasteiger partial charge on any atom is -0.506 e. The van der Waals surface area contributed by atoms with Crippen molar-refractivity contribution < 1.29 is 9.90 Å². The molecular weight excluding hydrogens is 539 g/mol. The van der Waals surface area contributed by atoms with Crippen molar-refractivity contribution in [2.75, 3.05) is 0 Å². The van der Waals surface area contributed by atoms with Crippen molar-refractivity contribution >= 4 is 84.7 Å². The van der Waals surface area contributed by atoms with E-state index in [9.17, 15) is 9.90 Å². The Morgan fingerprint density at radius 3 is 2.84 bits per heavy atom. The Hall–Kier alpha value is -1.03. The average Bonchev–Trinajstić information content (AvgIpc) is 2.87. The number of aromatic hydroxyl groups is 1. The summed E-state index contributed by atoms with van der Waals surface area (Å²) in [5, 5.41) is 14.0. The smallest absolute Gasteiger partial charge is 0.264 e. The number of amidine groups is 1. The van der Waals surface area contributed by atoms with Crippen molar-refractivity contribution in [3.8, 4) is 5.75 Å². The first kappa shape index (κ1) is 18.8. The molecule has 2 aromatic rings. The molecule has 0 atom stereocenters. The summed E-state index contributed by atoms with van der Waals surface area (Å²) in [4.78, 5) is 17.0. The van der Waals surface area contributed by atoms with E-state index in [2.05, 4.69) is 26.2 Å². The summed E-state index contributed by atoms with van der Waals surface area (Å²) in [6.07, 6.45) is 1.65. The highest BCUT2D eigenvalue weighted by Gasteiger charge is 2.24. The molecule has 1 aliphatic heterocycles. The summed E-state index contributed by atoms with van der Waals surface area (Å²) in [6, 6.07) is 9.02. The summed E-state index contributed by atoms with van der Waals surface area (Å²) in [6.45, 7) is 1.91. The third kappa shape index (κ3) is 4.39. The fourth-order valence-corrected chi connectivity index (χ4v) is 4.64. The Bertz CT molecular complexity index is 946. The molecule has 4 nitrogen and oxygen atoms in total. The Morgan fingerprint density at radius 2 is 2.12 bits per heavy atom. The predicted octanol–water partition coefficient (Wildman–Crippen LogP) is 5.61. The summed E-state index contributed by atoms with van der Waals surface area (Å²) >= 11 is 12.8. The van der Waals surface area contributed by atoms with Crippen LogP contribution in [0.15, 0.2) is 44.7 Å². The van der Waals surface area contributed by atoms with Gasteiger partial charge >= 0.3 is 0 Å². The van der Waals surface area contributed by atoms with E-state index in [-0.39, 0.29) is 11.7 Å². The van der Waals surface area contributed by atoms with E-state index in [1.807, 2.05) is 41.6 Å². The van der Waals surface area contributed by atoms with Crippen molar-refractivity contribution in [2.45, 2.75) is 6.92 Å². The van der Waals surface area contributed by atoms with E-state index in [4.69, 9.17) is 11.6 Å². The van der Waals surface area contributed by atoms with Gasteiger partial charge in [0, 0.05) is 15.1 Å². The molecule has 0 bridgehead atoms. The van der Waals surface area contributed by atoms with Crippen molar-refractivity contribution in [3.63, 3.8) is 0 Å². The lowest BCUT2D eigenvalue weighted by atomic mass is 10.2. The second kappa shape index (κ2) is 7.69. The van der Waals surface area contributed by atoms with Gasteiger partial charge < -0.3 is 10.4 Å². The van der Waals surface area contributed by atoms with E-state index < -0.39 is 0 Å². The average molecular weight is 550 g/mol. The van der Waals surface area contributed by atoms with Gasteiger partial charge in [0.05, 0.1) is 14.2 Å². The minimum absolute atomic E-state index is 0.139. The van der Waals surface area contributed by atoms with Crippen molar-refractivity contribution in [2.24, 2.45) is 4.99 Å². The lowest BCUT2D eigenvalue weighted by Gasteiger charge is -2.03. The van der Waals surface area contributed by atoms with E-state index >= 15 is 0 Å². The number of nitrogens with zero attached hydrogens (tertiary/aromatic N) is 1. The molecule has 0 saturated carbocycles. The van der Waals surface area contributed by atoms with Gasteiger partial charge in [0.25, 0.3) is 5.91 Å². The molecular formula is C17H11BrClIN2O2S. The zero-order valence-electron chi connectivity index (χ0n) is 12.8. The number of carbonyl (C=O) groups excluding carboxylic acids is 1. The maximum atomic E-state index is 12.2. The number of halogens is 3. The third-order valence-electron chi connectivity index (χ3n) is 3.38. The molecule has 0 spiro atoms. The van der Waals surface area contributed by atoms with Gasteiger partial charge in [-0.25, -0.2) is 4.99 Å². The molecule has 8 heteroatoms. The van der Waals surface area contributed by atoms with Crippen molar-refractivity contribution in [1.29, 1.82) is 0 Å². The van der Waals surface area contributed by atoms with Crippen LogP contribution in [0, 0.1) is 10.5 Å². The number of hydrogen-bond donors (Lipinski definition) is 2. The SMILES string of the molecule is Cc1ccc(N=C2NC(=O)/C(=C/c3cc(Br)cc(I)c3O)S2)cc1Cl. The quantitative estimate of drug-likeness (QED) is 0.378. The molecule has 1 amide bonds. The Balaban J connectivity index is 1.90. The fourth-order valence-electron chi connectivity index (χ4n) is 2.09. The molecule has 2 aromatic carbocycles. The van der Waals surface area contributed by atoms with Crippen molar-refractivity contribution in [3.05, 3.63) is 59.4 Å². The molecule has 1 aliphatic rings. The van der Waals surface area contributed by atoms with E-state index in [0.29, 0.717) is 29.9 Å². The maximum absolute atomic E-state index is 12.2. The first-order valence-electron chi connectivity index (χ1n) is 7.07. The monoisotopic (exact) mass is 548 g/mol. The van der Waals surface area contributed by atoms with Gasteiger partial charge in [-0.3, -0.25) is 4.79 Å². The minimum atomic E-state index is -0.253. The number of benzene rings is 2. The third-order valence-corrected chi connectivity index (χ3v) is 5.98. The standard InChI is InChI=1S/C17H11BrClIN2O2S/c1-8-2-3-11(7-12(8)19)21-17-22-16(24)14(25-17)5-9-4-10(18)6-13(20)15(9)23/h2-7,23H,1H3,(H,21,22,24)/b14-5-. The summed E-state index contributed by atoms with van der Waals surface area (Å²) < 4.78 is 1.53. The maximum Gasteiger partial charge on any atom is 0.264 e. The first-order chi connectivity index (χ1) is 11.8. The number of aliphatic imine (C=N–C) groups is 1. The van der Waals surface area contributed by atoms with Crippen LogP contribution in [0.2, 0.25) is 5.02 Å². The first-order valence-corrected chi connectivity index (χ1v) is 10.1. The van der Waals surface area contributed by atoms with Crippen LogP contribution in [-0.2, 0) is 4.79 Å². The zero-order chi connectivity index (χ0) is 18.1. The fraction of sp³-hybridized carbons (Fsp3) is 0.0588. The molecule has 1 fully saturated rings. The molecule has 2 N–H and O–H groups in total. The van der Waals surface area contributed by atoms with Gasteiger partial charge in [-0.1, -0.05) is 33.6 Å². The van der Waals surface area contributed by atoms with Crippen LogP contribution in [0.4, 0.5) is 5.69 Å². The van der Waals surface area contributed by atoms with Gasteiger partial charge in [-0.05, 0) is 77.2 Å². The van der Waals surface area contributed by atoms with Gasteiger partial charge in [0.2, 0.25) is 0 Å². The molecule has 0 unspecified atom stereocenters. The Labute approximate surface area is 176 Å². The summed E-state index contributed by atoms with van der Waals surface area (Å²) in [5.74, 6) is -0.114. The van der Waals surface area contributed by atoms with Gasteiger partial charge in [0.1, 0.15) is 5.75 Å². The van der Waals surface area contributed by atoms with Crippen LogP contribution in [-0.4, -0.2) is 16.2 Å². The van der Waals surface area contributed by atoms with Crippen LogP contribution in [0.25, 0.3) is 6.08 Å². The highest BCUT2D eigenvalue weighted by molar-refractivity contribution is 14.1. The largest absolute Gasteiger partial charge is 0.506 e. The molecule has 25 heavy (non-hydrogen) atoms. The lowest BCUT2D eigenvalue weighted by Crippen LogP contribution is -2.19. The Kier molecular flexibility index (Phi) is 5.77. The number of aryl methyl sites for hydroxylation is 1. The lowest BCUT2D eigenvalue weighted by molar-refractivity contribution is -0.115. The predicted molar refractivity (Wildman–Crippen MR) is 116 cm³/mol.